The molecular weight excluding hydrogens is 364 g/mol. The van der Waals surface area contributed by atoms with Gasteiger partial charge in [0.05, 0.1) is 11.6 Å². The maximum Gasteiger partial charge on any atom is 0.333 e. The summed E-state index contributed by atoms with van der Waals surface area (Å²) in [7, 11) is 0. The molecule has 2 aromatic rings. The summed E-state index contributed by atoms with van der Waals surface area (Å²) in [6, 6.07) is 9.32. The van der Waals surface area contributed by atoms with Gasteiger partial charge in [-0.25, -0.2) is 9.59 Å². The minimum absolute atomic E-state index is 0.136. The lowest BCUT2D eigenvalue weighted by Gasteiger charge is -2.31. The number of benzene rings is 1. The van der Waals surface area contributed by atoms with E-state index >= 15 is 0 Å². The number of carbonyl (C=O) groups is 2. The Balaban J connectivity index is 1.67. The lowest BCUT2D eigenvalue weighted by molar-refractivity contribution is -0.135. The van der Waals surface area contributed by atoms with Crippen molar-refractivity contribution in [2.45, 2.75) is 24.9 Å². The number of rotatable bonds is 5. The van der Waals surface area contributed by atoms with Crippen LogP contribution in [0.5, 0.6) is 0 Å². The van der Waals surface area contributed by atoms with Crippen LogP contribution in [-0.4, -0.2) is 69.0 Å². The summed E-state index contributed by atoms with van der Waals surface area (Å²) in [6.07, 6.45) is 2.42. The Morgan fingerprint density at radius 3 is 2.46 bits per heavy atom. The van der Waals surface area contributed by atoms with Gasteiger partial charge in [-0.2, -0.15) is 0 Å². The number of fused-ring (bicyclic) bond motifs is 4. The average molecular weight is 384 g/mol. The second-order valence-corrected chi connectivity index (χ2v) is 6.93. The Hall–Kier alpha value is -3.20. The number of hydrogen-bond acceptors (Lipinski definition) is 7. The highest BCUT2D eigenvalue weighted by Gasteiger charge is 2.40. The van der Waals surface area contributed by atoms with Crippen molar-refractivity contribution in [2.75, 3.05) is 24.5 Å². The molecule has 146 valence electrons. The zero-order valence-electron chi connectivity index (χ0n) is 15.1. The summed E-state index contributed by atoms with van der Waals surface area (Å²) in [5.74, 6) is -2.10. The number of aliphatic carboxylic acids is 2. The molecule has 9 nitrogen and oxygen atoms in total. The number of carboxylic acid groups (broad SMARTS) is 2. The van der Waals surface area contributed by atoms with Gasteiger partial charge in [-0.1, -0.05) is 23.3 Å². The standard InChI is InChI=1S/C19H20N4O5/c24-16(25)10-14(18(26)27)15-11-23(13-6-8-22(15)9-7-13)19-21-20-17(28-19)12-4-2-1-3-5-12/h1-5,10,13,15H,6-9,11H2,(H,24,25)(H,26,27)/b14-10+. The minimum Gasteiger partial charge on any atom is -0.478 e. The van der Waals surface area contributed by atoms with Crippen LogP contribution in [0.25, 0.3) is 11.5 Å². The molecule has 0 aliphatic carbocycles. The number of hydrogen-bond donors (Lipinski definition) is 2. The Morgan fingerprint density at radius 1 is 1.11 bits per heavy atom. The van der Waals surface area contributed by atoms with E-state index in [0.717, 1.165) is 24.5 Å². The maximum absolute atomic E-state index is 11.7. The Bertz CT molecular complexity index is 902. The first-order valence-electron chi connectivity index (χ1n) is 9.10. The third-order valence-corrected chi connectivity index (χ3v) is 5.32. The van der Waals surface area contributed by atoms with Crippen LogP contribution in [0, 0.1) is 0 Å². The average Bonchev–Trinajstić information content (AvgIpc) is 3.04. The molecule has 3 saturated heterocycles. The van der Waals surface area contributed by atoms with E-state index in [1.54, 1.807) is 0 Å². The fourth-order valence-electron chi connectivity index (χ4n) is 3.95. The summed E-state index contributed by atoms with van der Waals surface area (Å²) >= 11 is 0. The molecule has 0 radical (unpaired) electrons. The molecule has 28 heavy (non-hydrogen) atoms. The topological polar surface area (TPSA) is 120 Å². The fraction of sp³-hybridized carbons (Fsp3) is 0.368. The summed E-state index contributed by atoms with van der Waals surface area (Å²) < 4.78 is 5.89. The first-order valence-corrected chi connectivity index (χ1v) is 9.10. The van der Waals surface area contributed by atoms with Crippen LogP contribution in [0.1, 0.15) is 12.8 Å². The summed E-state index contributed by atoms with van der Waals surface area (Å²) in [5, 5.41) is 27.0. The van der Waals surface area contributed by atoms with E-state index in [0.29, 0.717) is 25.0 Å². The van der Waals surface area contributed by atoms with Gasteiger partial charge in [-0.05, 0) is 25.0 Å². The zero-order valence-corrected chi connectivity index (χ0v) is 15.1. The highest BCUT2D eigenvalue weighted by Crippen LogP contribution is 2.32. The van der Waals surface area contributed by atoms with E-state index in [1.807, 2.05) is 40.1 Å². The molecule has 1 atom stereocenters. The van der Waals surface area contributed by atoms with Crippen LogP contribution in [0.4, 0.5) is 6.01 Å². The number of aromatic nitrogens is 2. The largest absolute Gasteiger partial charge is 0.478 e. The first kappa shape index (κ1) is 18.2. The highest BCUT2D eigenvalue weighted by atomic mass is 16.4. The van der Waals surface area contributed by atoms with E-state index in [9.17, 15) is 14.7 Å². The quantitative estimate of drug-likeness (QED) is 0.739. The maximum atomic E-state index is 11.7. The molecule has 3 aliphatic heterocycles. The van der Waals surface area contributed by atoms with Crippen molar-refractivity contribution in [3.63, 3.8) is 0 Å². The second-order valence-electron chi connectivity index (χ2n) is 6.93. The van der Waals surface area contributed by atoms with Crippen LogP contribution in [-0.2, 0) is 9.59 Å². The second kappa shape index (κ2) is 7.43. The molecule has 1 aromatic carbocycles. The molecule has 0 saturated carbocycles. The van der Waals surface area contributed by atoms with Gasteiger partial charge in [0, 0.05) is 37.3 Å². The lowest BCUT2D eigenvalue weighted by Crippen LogP contribution is -2.43. The van der Waals surface area contributed by atoms with E-state index in [1.165, 1.54) is 0 Å². The molecule has 1 aromatic heterocycles. The zero-order chi connectivity index (χ0) is 19.7. The van der Waals surface area contributed by atoms with E-state index in [2.05, 4.69) is 10.2 Å². The number of nitrogens with zero attached hydrogens (tertiary/aromatic N) is 4. The third-order valence-electron chi connectivity index (χ3n) is 5.32. The molecule has 1 unspecified atom stereocenters. The number of anilines is 1. The molecule has 2 bridgehead atoms. The molecule has 2 N–H and O–H groups in total. The Labute approximate surface area is 160 Å². The normalized spacial score (nSPS) is 24.8. The molecule has 3 aliphatic rings. The highest BCUT2D eigenvalue weighted by molar-refractivity contribution is 5.95. The smallest absolute Gasteiger partial charge is 0.333 e. The van der Waals surface area contributed by atoms with Crippen molar-refractivity contribution in [2.24, 2.45) is 0 Å². The van der Waals surface area contributed by atoms with Gasteiger partial charge in [-0.15, -0.1) is 5.10 Å². The molecule has 4 heterocycles. The van der Waals surface area contributed by atoms with Gasteiger partial charge < -0.3 is 19.5 Å². The van der Waals surface area contributed by atoms with Gasteiger partial charge >= 0.3 is 18.0 Å². The van der Waals surface area contributed by atoms with Crippen molar-refractivity contribution in [1.29, 1.82) is 0 Å². The predicted octanol–water partition coefficient (Wildman–Crippen LogP) is 1.49. The SMILES string of the molecule is O=C(O)/C=C(/C(=O)O)C1CN(c2nnc(-c3ccccc3)o2)C2CCN1CC2. The van der Waals surface area contributed by atoms with Gasteiger partial charge in [-0.3, -0.25) is 4.90 Å². The molecule has 0 spiro atoms. The van der Waals surface area contributed by atoms with Crippen LogP contribution < -0.4 is 4.90 Å². The van der Waals surface area contributed by atoms with Crippen LogP contribution in [0.2, 0.25) is 0 Å². The molecule has 3 fully saturated rings. The van der Waals surface area contributed by atoms with Crippen LogP contribution in [0.15, 0.2) is 46.4 Å². The van der Waals surface area contributed by atoms with Crippen LogP contribution in [0.3, 0.4) is 0 Å². The van der Waals surface area contributed by atoms with E-state index < -0.39 is 18.0 Å². The lowest BCUT2D eigenvalue weighted by atomic mass is 10.0. The predicted molar refractivity (Wildman–Crippen MR) is 98.8 cm³/mol. The van der Waals surface area contributed by atoms with E-state index in [-0.39, 0.29) is 18.2 Å². The molecule has 9 heteroatoms. The summed E-state index contributed by atoms with van der Waals surface area (Å²) in [4.78, 5) is 26.8. The third kappa shape index (κ3) is 3.48. The van der Waals surface area contributed by atoms with Crippen molar-refractivity contribution >= 4 is 18.0 Å². The first-order chi connectivity index (χ1) is 13.5. The van der Waals surface area contributed by atoms with Crippen molar-refractivity contribution in [3.8, 4) is 11.5 Å². The van der Waals surface area contributed by atoms with Gasteiger partial charge in [0.1, 0.15) is 0 Å². The van der Waals surface area contributed by atoms with Gasteiger partial charge in [0.15, 0.2) is 0 Å². The molecule has 0 amide bonds. The van der Waals surface area contributed by atoms with Crippen molar-refractivity contribution in [3.05, 3.63) is 42.0 Å². The van der Waals surface area contributed by atoms with E-state index in [4.69, 9.17) is 9.52 Å². The van der Waals surface area contributed by atoms with Crippen LogP contribution >= 0.6 is 0 Å². The van der Waals surface area contributed by atoms with Crippen molar-refractivity contribution < 1.29 is 24.2 Å². The molecular formula is C19H20N4O5. The summed E-state index contributed by atoms with van der Waals surface area (Å²) in [5.41, 5.74) is 0.667. The molecule has 5 rings (SSSR count). The monoisotopic (exact) mass is 384 g/mol. The fourth-order valence-corrected chi connectivity index (χ4v) is 3.95. The Kier molecular flexibility index (Phi) is 4.82. The Morgan fingerprint density at radius 2 is 1.82 bits per heavy atom. The van der Waals surface area contributed by atoms with Gasteiger partial charge in [0.2, 0.25) is 5.89 Å². The number of piperidine rings is 1. The summed E-state index contributed by atoms with van der Waals surface area (Å²) in [6.45, 7) is 1.66. The van der Waals surface area contributed by atoms with Crippen molar-refractivity contribution in [1.82, 2.24) is 15.1 Å². The van der Waals surface area contributed by atoms with Gasteiger partial charge in [0.25, 0.3) is 0 Å². The number of carboxylic acids is 2. The minimum atomic E-state index is -1.27.